The Balaban J connectivity index is 0.00000182. The molecule has 3 aromatic heterocycles. The minimum absolute atomic E-state index is 0. The number of fused-ring (bicyclic) bond motifs is 1. The quantitative estimate of drug-likeness (QED) is 0.693. The second kappa shape index (κ2) is 6.55. The molecule has 9 heteroatoms. The number of halogens is 1. The van der Waals surface area contributed by atoms with Crippen LogP contribution in [0, 0.1) is 6.92 Å². The molecule has 2 amide bonds. The highest BCUT2D eigenvalue weighted by Gasteiger charge is 2.27. The van der Waals surface area contributed by atoms with E-state index in [1.54, 1.807) is 34.6 Å². The predicted octanol–water partition coefficient (Wildman–Crippen LogP) is 3.13. The Bertz CT molecular complexity index is 1010. The number of aromatic nitrogens is 2. The van der Waals surface area contributed by atoms with Crippen molar-refractivity contribution >= 4 is 62.9 Å². The van der Waals surface area contributed by atoms with E-state index in [-0.39, 0.29) is 18.1 Å². The van der Waals surface area contributed by atoms with Gasteiger partial charge in [-0.15, -0.1) is 35.1 Å². The van der Waals surface area contributed by atoms with Crippen molar-refractivity contribution in [3.05, 3.63) is 40.5 Å². The summed E-state index contributed by atoms with van der Waals surface area (Å²) in [5.74, 6) is 0.417. The number of imide groups is 1. The van der Waals surface area contributed by atoms with Crippen LogP contribution in [0.15, 0.2) is 34.7 Å². The highest BCUT2D eigenvalue weighted by molar-refractivity contribution is 7.18. The molecular formula is C16H13ClN4O2S2. The van der Waals surface area contributed by atoms with E-state index in [2.05, 4.69) is 20.7 Å². The molecule has 6 nitrogen and oxygen atoms in total. The van der Waals surface area contributed by atoms with Gasteiger partial charge in [0, 0.05) is 28.9 Å². The van der Waals surface area contributed by atoms with Gasteiger partial charge in [-0.1, -0.05) is 6.07 Å². The molecule has 1 aliphatic rings. The molecule has 25 heavy (non-hydrogen) atoms. The molecule has 0 fully saturated rings. The van der Waals surface area contributed by atoms with E-state index in [1.807, 2.05) is 24.4 Å². The number of likely N-dealkylation sites (N-methyl/N-ethyl adjacent to an activating group) is 1. The molecule has 0 bridgehead atoms. The lowest BCUT2D eigenvalue weighted by Crippen LogP contribution is -2.29. The van der Waals surface area contributed by atoms with Gasteiger partial charge < -0.3 is 4.90 Å². The normalized spacial score (nSPS) is 13.6. The van der Waals surface area contributed by atoms with Gasteiger partial charge in [0.2, 0.25) is 0 Å². The summed E-state index contributed by atoms with van der Waals surface area (Å²) in [6, 6.07) is 4.04. The lowest BCUT2D eigenvalue weighted by Gasteiger charge is -2.19. The van der Waals surface area contributed by atoms with Crippen molar-refractivity contribution in [1.82, 2.24) is 15.3 Å². The van der Waals surface area contributed by atoms with Crippen LogP contribution < -0.4 is 10.2 Å². The third kappa shape index (κ3) is 2.92. The SMILES string of the molecule is Cc1nc(N(C)C2=CC(=O)NC2=O)c2c(-c3cccs3)csc2n1.Cl. The Morgan fingerprint density at radius 1 is 1.20 bits per heavy atom. The first-order valence-electron chi connectivity index (χ1n) is 7.15. The van der Waals surface area contributed by atoms with Crippen LogP contribution in [0.4, 0.5) is 5.82 Å². The predicted molar refractivity (Wildman–Crippen MR) is 102 cm³/mol. The van der Waals surface area contributed by atoms with Crippen molar-refractivity contribution in [2.75, 3.05) is 11.9 Å². The van der Waals surface area contributed by atoms with Crippen LogP contribution in [0.1, 0.15) is 5.82 Å². The van der Waals surface area contributed by atoms with Gasteiger partial charge in [-0.05, 0) is 18.4 Å². The van der Waals surface area contributed by atoms with Gasteiger partial charge in [-0.3, -0.25) is 14.9 Å². The van der Waals surface area contributed by atoms with E-state index in [4.69, 9.17) is 0 Å². The molecule has 0 atom stereocenters. The summed E-state index contributed by atoms with van der Waals surface area (Å²) in [5, 5.41) is 7.23. The highest BCUT2D eigenvalue weighted by Crippen LogP contribution is 2.40. The third-order valence-electron chi connectivity index (χ3n) is 3.73. The van der Waals surface area contributed by atoms with Crippen molar-refractivity contribution in [1.29, 1.82) is 0 Å². The monoisotopic (exact) mass is 392 g/mol. The molecule has 0 spiro atoms. The Morgan fingerprint density at radius 2 is 2.00 bits per heavy atom. The molecule has 0 aromatic carbocycles. The van der Waals surface area contributed by atoms with Gasteiger partial charge in [0.15, 0.2) is 0 Å². The third-order valence-corrected chi connectivity index (χ3v) is 5.50. The van der Waals surface area contributed by atoms with Crippen molar-refractivity contribution < 1.29 is 9.59 Å². The lowest BCUT2D eigenvalue weighted by molar-refractivity contribution is -0.123. The zero-order valence-electron chi connectivity index (χ0n) is 13.3. The molecular weight excluding hydrogens is 380 g/mol. The van der Waals surface area contributed by atoms with E-state index in [0.29, 0.717) is 11.6 Å². The van der Waals surface area contributed by atoms with Gasteiger partial charge in [0.05, 0.1) is 5.39 Å². The molecule has 0 radical (unpaired) electrons. The standard InChI is InChI=1S/C16H12N4O2S2.ClH/c1-8-17-14(20(2)10-6-12(21)19-15(10)22)13-9(7-24-16(13)18-8)11-4-3-5-23-11;/h3-7H,1-2H3,(H,19,21,22);1H. The lowest BCUT2D eigenvalue weighted by atomic mass is 10.2. The number of thiophene rings is 2. The molecule has 128 valence electrons. The van der Waals surface area contributed by atoms with Crippen LogP contribution >= 0.6 is 35.1 Å². The molecule has 1 N–H and O–H groups in total. The summed E-state index contributed by atoms with van der Waals surface area (Å²) in [7, 11) is 1.74. The maximum absolute atomic E-state index is 12.0. The Labute approximate surface area is 157 Å². The second-order valence-corrected chi connectivity index (χ2v) is 7.11. The first kappa shape index (κ1) is 17.5. The average molecular weight is 393 g/mol. The zero-order chi connectivity index (χ0) is 16.8. The van der Waals surface area contributed by atoms with Gasteiger partial charge in [0.1, 0.15) is 22.2 Å². The van der Waals surface area contributed by atoms with E-state index in [1.165, 1.54) is 6.08 Å². The smallest absolute Gasteiger partial charge is 0.274 e. The number of hydrogen-bond donors (Lipinski definition) is 1. The number of rotatable bonds is 3. The molecule has 0 saturated heterocycles. The van der Waals surface area contributed by atoms with E-state index >= 15 is 0 Å². The molecule has 3 aromatic rings. The Hall–Kier alpha value is -2.29. The maximum atomic E-state index is 12.0. The fourth-order valence-electron chi connectivity index (χ4n) is 2.65. The van der Waals surface area contributed by atoms with Crippen molar-refractivity contribution in [3.63, 3.8) is 0 Å². The number of amides is 2. The van der Waals surface area contributed by atoms with Crippen molar-refractivity contribution in [2.24, 2.45) is 0 Å². The minimum Gasteiger partial charge on any atom is -0.324 e. The molecule has 0 saturated carbocycles. The first-order valence-corrected chi connectivity index (χ1v) is 8.91. The number of nitrogens with zero attached hydrogens (tertiary/aromatic N) is 3. The fourth-order valence-corrected chi connectivity index (χ4v) is 4.45. The first-order chi connectivity index (χ1) is 11.5. The van der Waals surface area contributed by atoms with Crippen molar-refractivity contribution in [3.8, 4) is 10.4 Å². The summed E-state index contributed by atoms with van der Waals surface area (Å²) < 4.78 is 0. The number of aryl methyl sites for hydroxylation is 1. The second-order valence-electron chi connectivity index (χ2n) is 5.31. The Morgan fingerprint density at radius 3 is 2.64 bits per heavy atom. The fraction of sp³-hybridized carbons (Fsp3) is 0.125. The highest BCUT2D eigenvalue weighted by atomic mass is 35.5. The molecule has 4 rings (SSSR count). The molecule has 4 heterocycles. The maximum Gasteiger partial charge on any atom is 0.274 e. The molecule has 0 unspecified atom stereocenters. The van der Waals surface area contributed by atoms with Crippen LogP contribution in [0.5, 0.6) is 0 Å². The topological polar surface area (TPSA) is 75.2 Å². The molecule has 0 aliphatic carbocycles. The summed E-state index contributed by atoms with van der Waals surface area (Å²) in [4.78, 5) is 36.1. The van der Waals surface area contributed by atoms with Gasteiger partial charge in [-0.2, -0.15) is 0 Å². The van der Waals surface area contributed by atoms with Crippen LogP contribution in [0.2, 0.25) is 0 Å². The summed E-state index contributed by atoms with van der Waals surface area (Å²) in [5.41, 5.74) is 1.32. The minimum atomic E-state index is -0.417. The zero-order valence-corrected chi connectivity index (χ0v) is 15.7. The molecule has 1 aliphatic heterocycles. The average Bonchev–Trinajstić information content (AvgIpc) is 3.24. The summed E-state index contributed by atoms with van der Waals surface area (Å²) in [6.45, 7) is 1.82. The van der Waals surface area contributed by atoms with Crippen molar-refractivity contribution in [2.45, 2.75) is 6.92 Å². The number of carbonyl (C=O) groups is 2. The number of carbonyl (C=O) groups excluding carboxylic acids is 2. The van der Waals surface area contributed by atoms with Crippen LogP contribution in [0.25, 0.3) is 20.7 Å². The Kier molecular flexibility index (Phi) is 4.59. The van der Waals surface area contributed by atoms with Gasteiger partial charge in [-0.25, -0.2) is 9.97 Å². The van der Waals surface area contributed by atoms with Crippen LogP contribution in [0.3, 0.4) is 0 Å². The van der Waals surface area contributed by atoms with Gasteiger partial charge in [0.25, 0.3) is 11.8 Å². The number of nitrogens with one attached hydrogen (secondary N) is 1. The van der Waals surface area contributed by atoms with Crippen LogP contribution in [-0.2, 0) is 9.59 Å². The van der Waals surface area contributed by atoms with E-state index < -0.39 is 11.8 Å². The van der Waals surface area contributed by atoms with E-state index in [9.17, 15) is 9.59 Å². The van der Waals surface area contributed by atoms with Crippen LogP contribution in [-0.4, -0.2) is 28.8 Å². The van der Waals surface area contributed by atoms with E-state index in [0.717, 1.165) is 20.7 Å². The van der Waals surface area contributed by atoms with Gasteiger partial charge >= 0.3 is 0 Å². The number of hydrogen-bond acceptors (Lipinski definition) is 7. The summed E-state index contributed by atoms with van der Waals surface area (Å²) >= 11 is 3.18. The summed E-state index contributed by atoms with van der Waals surface area (Å²) in [6.07, 6.45) is 1.29. The largest absolute Gasteiger partial charge is 0.324 e. The number of anilines is 1.